The van der Waals surface area contributed by atoms with Crippen molar-refractivity contribution >= 4 is 5.97 Å². The van der Waals surface area contributed by atoms with Crippen LogP contribution in [0, 0.1) is 5.92 Å². The summed E-state index contributed by atoms with van der Waals surface area (Å²) in [7, 11) is 1.65. The maximum Gasteiger partial charge on any atom is 0.320 e. The van der Waals surface area contributed by atoms with Crippen LogP contribution in [0.25, 0.3) is 0 Å². The average Bonchev–Trinajstić information content (AvgIpc) is 2.38. The zero-order chi connectivity index (χ0) is 15.0. The Bertz CT molecular complexity index is 392. The van der Waals surface area contributed by atoms with Crippen molar-refractivity contribution in [1.29, 1.82) is 0 Å². The number of hydrogen-bond donors (Lipinski definition) is 3. The van der Waals surface area contributed by atoms with Crippen LogP contribution in [0.15, 0.2) is 24.3 Å². The van der Waals surface area contributed by atoms with Gasteiger partial charge in [-0.3, -0.25) is 4.79 Å². The summed E-state index contributed by atoms with van der Waals surface area (Å²) < 4.78 is 5.13. The molecule has 5 nitrogen and oxygen atoms in total. The van der Waals surface area contributed by atoms with E-state index in [1.807, 2.05) is 31.2 Å². The lowest BCUT2D eigenvalue weighted by Gasteiger charge is -2.10. The third-order valence-corrected chi connectivity index (χ3v) is 2.63. The molecule has 0 saturated heterocycles. The number of rotatable bonds is 4. The molecular weight excluding hydrogens is 244 g/mol. The minimum atomic E-state index is -0.931. The number of carboxylic acid groups (broad SMARTS) is 1. The zero-order valence-corrected chi connectivity index (χ0v) is 12.0. The molecule has 1 aromatic carbocycles. The average molecular weight is 268 g/mol. The first kappa shape index (κ1) is 17.4. The van der Waals surface area contributed by atoms with Crippen LogP contribution in [0.4, 0.5) is 0 Å². The second-order valence-corrected chi connectivity index (χ2v) is 4.64. The molecule has 1 aromatic rings. The van der Waals surface area contributed by atoms with Gasteiger partial charge in [0.05, 0.1) is 7.11 Å². The highest BCUT2D eigenvalue weighted by Gasteiger charge is 2.14. The summed E-state index contributed by atoms with van der Waals surface area (Å²) in [6, 6.07) is 7.11. The highest BCUT2D eigenvalue weighted by atomic mass is 16.5. The predicted octanol–water partition coefficient (Wildman–Crippen LogP) is 1.77. The van der Waals surface area contributed by atoms with E-state index in [4.69, 9.17) is 21.3 Å². The SMILES string of the molecule is CC(C)[C@H](N)C(=O)O.COc1ccccc1C(C)N. The number of aliphatic carboxylic acids is 1. The van der Waals surface area contributed by atoms with Gasteiger partial charge in [-0.1, -0.05) is 32.0 Å². The Balaban J connectivity index is 0.000000362. The number of ether oxygens (including phenoxy) is 1. The molecule has 5 N–H and O–H groups in total. The van der Waals surface area contributed by atoms with Crippen LogP contribution in [0.1, 0.15) is 32.4 Å². The number of benzene rings is 1. The molecule has 0 heterocycles. The molecule has 0 aliphatic carbocycles. The second-order valence-electron chi connectivity index (χ2n) is 4.64. The van der Waals surface area contributed by atoms with E-state index in [0.29, 0.717) is 0 Å². The van der Waals surface area contributed by atoms with Gasteiger partial charge in [0.2, 0.25) is 0 Å². The Morgan fingerprint density at radius 1 is 1.21 bits per heavy atom. The van der Waals surface area contributed by atoms with Crippen LogP contribution < -0.4 is 16.2 Å². The Hall–Kier alpha value is -1.59. The van der Waals surface area contributed by atoms with E-state index >= 15 is 0 Å². The highest BCUT2D eigenvalue weighted by molar-refractivity contribution is 5.73. The number of para-hydroxylation sites is 1. The lowest BCUT2D eigenvalue weighted by atomic mass is 10.1. The molecule has 5 heteroatoms. The number of hydrogen-bond acceptors (Lipinski definition) is 4. The van der Waals surface area contributed by atoms with Crippen molar-refractivity contribution in [3.8, 4) is 5.75 Å². The van der Waals surface area contributed by atoms with Gasteiger partial charge in [-0.25, -0.2) is 0 Å². The summed E-state index contributed by atoms with van der Waals surface area (Å²) in [6.07, 6.45) is 0. The normalized spacial score (nSPS) is 13.2. The molecule has 0 aliphatic rings. The fourth-order valence-corrected chi connectivity index (χ4v) is 1.33. The first-order valence-electron chi connectivity index (χ1n) is 6.18. The monoisotopic (exact) mass is 268 g/mol. The van der Waals surface area contributed by atoms with Crippen LogP contribution in [0.3, 0.4) is 0 Å². The van der Waals surface area contributed by atoms with Gasteiger partial charge in [-0.05, 0) is 18.9 Å². The van der Waals surface area contributed by atoms with Crippen molar-refractivity contribution in [3.05, 3.63) is 29.8 Å². The number of carbonyl (C=O) groups is 1. The van der Waals surface area contributed by atoms with Crippen molar-refractivity contribution < 1.29 is 14.6 Å². The van der Waals surface area contributed by atoms with Crippen LogP contribution in [0.2, 0.25) is 0 Å². The van der Waals surface area contributed by atoms with Gasteiger partial charge in [0.25, 0.3) is 0 Å². The maximum atomic E-state index is 10.0. The van der Waals surface area contributed by atoms with E-state index in [0.717, 1.165) is 11.3 Å². The lowest BCUT2D eigenvalue weighted by molar-refractivity contribution is -0.139. The standard InChI is InChI=1S/C9H13NO.C5H11NO2/c1-7(10)8-5-3-4-6-9(8)11-2;1-3(2)4(6)5(7)8/h3-7H,10H2,1-2H3;3-4H,6H2,1-2H3,(H,7,8)/t;4-/m.0/s1. The highest BCUT2D eigenvalue weighted by Crippen LogP contribution is 2.22. The third kappa shape index (κ3) is 6.22. The Kier molecular flexibility index (Phi) is 7.79. The Morgan fingerprint density at radius 2 is 1.74 bits per heavy atom. The molecule has 0 amide bonds. The van der Waals surface area contributed by atoms with Crippen molar-refractivity contribution in [2.45, 2.75) is 32.9 Å². The van der Waals surface area contributed by atoms with Crippen LogP contribution in [-0.4, -0.2) is 24.2 Å². The fraction of sp³-hybridized carbons (Fsp3) is 0.500. The molecule has 1 rings (SSSR count). The fourth-order valence-electron chi connectivity index (χ4n) is 1.33. The summed E-state index contributed by atoms with van der Waals surface area (Å²) >= 11 is 0. The molecule has 0 bridgehead atoms. The second kappa shape index (κ2) is 8.50. The molecule has 1 unspecified atom stereocenters. The predicted molar refractivity (Wildman–Crippen MR) is 76.0 cm³/mol. The molecular formula is C14H24N2O3. The largest absolute Gasteiger partial charge is 0.496 e. The molecule has 2 atom stereocenters. The number of carboxylic acids is 1. The molecule has 0 aromatic heterocycles. The lowest BCUT2D eigenvalue weighted by Crippen LogP contribution is -2.34. The topological polar surface area (TPSA) is 98.6 Å². The van der Waals surface area contributed by atoms with Crippen molar-refractivity contribution in [3.63, 3.8) is 0 Å². The summed E-state index contributed by atoms with van der Waals surface area (Å²) in [5.41, 5.74) is 11.9. The van der Waals surface area contributed by atoms with Gasteiger partial charge in [-0.2, -0.15) is 0 Å². The molecule has 0 spiro atoms. The zero-order valence-electron chi connectivity index (χ0n) is 12.0. The van der Waals surface area contributed by atoms with Crippen molar-refractivity contribution in [2.24, 2.45) is 17.4 Å². The first-order valence-corrected chi connectivity index (χ1v) is 6.18. The summed E-state index contributed by atoms with van der Waals surface area (Å²) in [5, 5.41) is 8.23. The minimum absolute atomic E-state index is 0.0208. The Labute approximate surface area is 114 Å². The van der Waals surface area contributed by atoms with Crippen LogP contribution >= 0.6 is 0 Å². The third-order valence-electron chi connectivity index (χ3n) is 2.63. The summed E-state index contributed by atoms with van der Waals surface area (Å²) in [5.74, 6) is -0.0463. The van der Waals surface area contributed by atoms with Gasteiger partial charge >= 0.3 is 5.97 Å². The van der Waals surface area contributed by atoms with E-state index in [9.17, 15) is 4.79 Å². The van der Waals surface area contributed by atoms with E-state index in [-0.39, 0.29) is 12.0 Å². The molecule has 19 heavy (non-hydrogen) atoms. The maximum absolute atomic E-state index is 10.0. The van der Waals surface area contributed by atoms with Gasteiger partial charge in [0, 0.05) is 11.6 Å². The molecule has 0 saturated carbocycles. The summed E-state index contributed by atoms with van der Waals surface area (Å²) in [6.45, 7) is 5.50. The summed E-state index contributed by atoms with van der Waals surface area (Å²) in [4.78, 5) is 10.0. The molecule has 0 aliphatic heterocycles. The minimum Gasteiger partial charge on any atom is -0.496 e. The Morgan fingerprint density at radius 3 is 2.00 bits per heavy atom. The van der Waals surface area contributed by atoms with E-state index in [2.05, 4.69) is 0 Å². The quantitative estimate of drug-likeness (QED) is 0.773. The molecule has 108 valence electrons. The van der Waals surface area contributed by atoms with E-state index < -0.39 is 12.0 Å². The van der Waals surface area contributed by atoms with E-state index in [1.165, 1.54) is 0 Å². The number of methoxy groups -OCH3 is 1. The van der Waals surface area contributed by atoms with Crippen molar-refractivity contribution in [1.82, 2.24) is 0 Å². The smallest absolute Gasteiger partial charge is 0.320 e. The van der Waals surface area contributed by atoms with Crippen molar-refractivity contribution in [2.75, 3.05) is 7.11 Å². The molecule has 0 radical (unpaired) electrons. The van der Waals surface area contributed by atoms with Gasteiger partial charge in [0.15, 0.2) is 0 Å². The van der Waals surface area contributed by atoms with E-state index in [1.54, 1.807) is 21.0 Å². The van der Waals surface area contributed by atoms with Gasteiger partial charge in [0.1, 0.15) is 11.8 Å². The van der Waals surface area contributed by atoms with Crippen LogP contribution in [0.5, 0.6) is 5.75 Å². The van der Waals surface area contributed by atoms with Gasteiger partial charge < -0.3 is 21.3 Å². The number of nitrogens with two attached hydrogens (primary N) is 2. The first-order chi connectivity index (χ1) is 8.81. The van der Waals surface area contributed by atoms with Gasteiger partial charge in [-0.15, -0.1) is 0 Å². The molecule has 0 fully saturated rings. The van der Waals surface area contributed by atoms with Crippen LogP contribution in [-0.2, 0) is 4.79 Å².